The molecule has 0 bridgehead atoms. The lowest BCUT2D eigenvalue weighted by atomic mass is 10.1. The molecule has 21 heavy (non-hydrogen) atoms. The van der Waals surface area contributed by atoms with Gasteiger partial charge in [0.2, 0.25) is 5.91 Å². The highest BCUT2D eigenvalue weighted by molar-refractivity contribution is 5.94. The number of benzene rings is 1. The van der Waals surface area contributed by atoms with Gasteiger partial charge in [0.1, 0.15) is 0 Å². The zero-order valence-corrected chi connectivity index (χ0v) is 13.2. The number of anilines is 1. The standard InChI is InChI=1S/C17H27N3O/c1-3-20(16-8-5-4-6-9-16)17(21)14-19(2)15-10-7-12-18-13-11-15/h4-6,8-9,15,18H,3,7,10-14H2,1-2H3. The summed E-state index contributed by atoms with van der Waals surface area (Å²) in [7, 11) is 2.08. The van der Waals surface area contributed by atoms with Gasteiger partial charge in [-0.15, -0.1) is 0 Å². The SMILES string of the molecule is CCN(C(=O)CN(C)C1CCCNCC1)c1ccccc1. The molecule has 0 aliphatic carbocycles. The Hall–Kier alpha value is -1.39. The lowest BCUT2D eigenvalue weighted by Crippen LogP contribution is -2.43. The van der Waals surface area contributed by atoms with Crippen molar-refractivity contribution in [2.45, 2.75) is 32.2 Å². The normalized spacial score (nSPS) is 19.3. The molecular weight excluding hydrogens is 262 g/mol. The molecule has 1 aliphatic heterocycles. The number of hydrogen-bond donors (Lipinski definition) is 1. The van der Waals surface area contributed by atoms with Gasteiger partial charge in [0.25, 0.3) is 0 Å². The molecule has 1 aromatic carbocycles. The fourth-order valence-corrected chi connectivity index (χ4v) is 2.98. The predicted molar refractivity (Wildman–Crippen MR) is 87.6 cm³/mol. The second-order valence-corrected chi connectivity index (χ2v) is 5.72. The maximum absolute atomic E-state index is 12.6. The number of para-hydroxylation sites is 1. The lowest BCUT2D eigenvalue weighted by molar-refractivity contribution is -0.119. The largest absolute Gasteiger partial charge is 0.317 e. The van der Waals surface area contributed by atoms with E-state index in [-0.39, 0.29) is 5.91 Å². The van der Waals surface area contributed by atoms with Gasteiger partial charge in [0.05, 0.1) is 6.54 Å². The van der Waals surface area contributed by atoms with E-state index >= 15 is 0 Å². The first kappa shape index (κ1) is 16.0. The number of amides is 1. The first-order valence-electron chi connectivity index (χ1n) is 7.98. The van der Waals surface area contributed by atoms with Crippen molar-refractivity contribution >= 4 is 11.6 Å². The minimum absolute atomic E-state index is 0.184. The number of nitrogens with one attached hydrogen (secondary N) is 1. The van der Waals surface area contributed by atoms with Gasteiger partial charge in [0.15, 0.2) is 0 Å². The van der Waals surface area contributed by atoms with Crippen LogP contribution in [0, 0.1) is 0 Å². The first-order chi connectivity index (χ1) is 10.2. The molecule has 1 atom stereocenters. The molecule has 1 unspecified atom stereocenters. The van der Waals surface area contributed by atoms with Crippen molar-refractivity contribution in [3.05, 3.63) is 30.3 Å². The summed E-state index contributed by atoms with van der Waals surface area (Å²) >= 11 is 0. The lowest BCUT2D eigenvalue weighted by Gasteiger charge is -2.29. The van der Waals surface area contributed by atoms with Crippen molar-refractivity contribution in [3.8, 4) is 0 Å². The monoisotopic (exact) mass is 289 g/mol. The average molecular weight is 289 g/mol. The van der Waals surface area contributed by atoms with Crippen LogP contribution < -0.4 is 10.2 Å². The first-order valence-corrected chi connectivity index (χ1v) is 7.98. The van der Waals surface area contributed by atoms with Crippen molar-refractivity contribution in [1.29, 1.82) is 0 Å². The molecule has 1 aliphatic rings. The summed E-state index contributed by atoms with van der Waals surface area (Å²) < 4.78 is 0. The summed E-state index contributed by atoms with van der Waals surface area (Å²) in [4.78, 5) is 16.7. The summed E-state index contributed by atoms with van der Waals surface area (Å²) in [5.41, 5.74) is 0.987. The van der Waals surface area contributed by atoms with Crippen molar-refractivity contribution in [3.63, 3.8) is 0 Å². The van der Waals surface area contributed by atoms with Gasteiger partial charge in [0, 0.05) is 18.3 Å². The molecule has 1 amide bonds. The minimum Gasteiger partial charge on any atom is -0.317 e. The van der Waals surface area contributed by atoms with Gasteiger partial charge in [-0.05, 0) is 58.5 Å². The summed E-state index contributed by atoms with van der Waals surface area (Å²) in [6.07, 6.45) is 3.49. The van der Waals surface area contributed by atoms with E-state index in [1.54, 1.807) is 0 Å². The second-order valence-electron chi connectivity index (χ2n) is 5.72. The molecule has 1 N–H and O–H groups in total. The third kappa shape index (κ3) is 4.55. The highest BCUT2D eigenvalue weighted by Crippen LogP contribution is 2.15. The van der Waals surface area contributed by atoms with Gasteiger partial charge in [-0.2, -0.15) is 0 Å². The smallest absolute Gasteiger partial charge is 0.241 e. The van der Waals surface area contributed by atoms with Crippen LogP contribution >= 0.6 is 0 Å². The molecule has 116 valence electrons. The highest BCUT2D eigenvalue weighted by Gasteiger charge is 2.21. The topological polar surface area (TPSA) is 35.6 Å². The van der Waals surface area contributed by atoms with E-state index < -0.39 is 0 Å². The fraction of sp³-hybridized carbons (Fsp3) is 0.588. The zero-order valence-electron chi connectivity index (χ0n) is 13.2. The number of carbonyl (C=O) groups excluding carboxylic acids is 1. The van der Waals surface area contributed by atoms with Crippen LogP contribution in [0.5, 0.6) is 0 Å². The maximum atomic E-state index is 12.6. The Morgan fingerprint density at radius 2 is 2.00 bits per heavy atom. The molecule has 4 nitrogen and oxygen atoms in total. The van der Waals surface area contributed by atoms with E-state index in [4.69, 9.17) is 0 Å². The van der Waals surface area contributed by atoms with Gasteiger partial charge in [-0.3, -0.25) is 9.69 Å². The van der Waals surface area contributed by atoms with E-state index in [0.717, 1.165) is 25.2 Å². The molecule has 1 heterocycles. The van der Waals surface area contributed by atoms with E-state index in [1.165, 1.54) is 12.8 Å². The van der Waals surface area contributed by atoms with Crippen LogP contribution in [0.15, 0.2) is 30.3 Å². The van der Waals surface area contributed by atoms with Crippen molar-refractivity contribution in [1.82, 2.24) is 10.2 Å². The number of carbonyl (C=O) groups is 1. The number of likely N-dealkylation sites (N-methyl/N-ethyl adjacent to an activating group) is 2. The van der Waals surface area contributed by atoms with Crippen LogP contribution in [0.3, 0.4) is 0 Å². The van der Waals surface area contributed by atoms with Crippen LogP contribution in [0.2, 0.25) is 0 Å². The Balaban J connectivity index is 1.95. The van der Waals surface area contributed by atoms with Crippen molar-refractivity contribution in [2.75, 3.05) is 38.1 Å². The Morgan fingerprint density at radius 3 is 2.71 bits per heavy atom. The quantitative estimate of drug-likeness (QED) is 0.902. The molecule has 0 spiro atoms. The average Bonchev–Trinajstić information content (AvgIpc) is 2.78. The van der Waals surface area contributed by atoms with Crippen molar-refractivity contribution < 1.29 is 4.79 Å². The Labute approximate surface area is 128 Å². The predicted octanol–water partition coefficient (Wildman–Crippen LogP) is 2.11. The van der Waals surface area contributed by atoms with Crippen molar-refractivity contribution in [2.24, 2.45) is 0 Å². The van der Waals surface area contributed by atoms with Gasteiger partial charge in [-0.25, -0.2) is 0 Å². The third-order valence-corrected chi connectivity index (χ3v) is 4.24. The summed E-state index contributed by atoms with van der Waals surface area (Å²) in [5, 5.41) is 3.42. The second kappa shape index (κ2) is 8.15. The Morgan fingerprint density at radius 1 is 1.24 bits per heavy atom. The van der Waals surface area contributed by atoms with Crippen LogP contribution in [0.4, 0.5) is 5.69 Å². The van der Waals surface area contributed by atoms with E-state index in [0.29, 0.717) is 19.1 Å². The fourth-order valence-electron chi connectivity index (χ4n) is 2.98. The van der Waals surface area contributed by atoms with Crippen LogP contribution in [0.25, 0.3) is 0 Å². The highest BCUT2D eigenvalue weighted by atomic mass is 16.2. The number of nitrogens with zero attached hydrogens (tertiary/aromatic N) is 2. The summed E-state index contributed by atoms with van der Waals surface area (Å²) in [5.74, 6) is 0.184. The van der Waals surface area contributed by atoms with Crippen LogP contribution in [0.1, 0.15) is 26.2 Å². The van der Waals surface area contributed by atoms with E-state index in [9.17, 15) is 4.79 Å². The Kier molecular flexibility index (Phi) is 6.21. The number of hydrogen-bond acceptors (Lipinski definition) is 3. The maximum Gasteiger partial charge on any atom is 0.241 e. The van der Waals surface area contributed by atoms with E-state index in [1.807, 2.05) is 42.2 Å². The molecule has 1 saturated heterocycles. The third-order valence-electron chi connectivity index (χ3n) is 4.24. The van der Waals surface area contributed by atoms with Gasteiger partial charge in [-0.1, -0.05) is 18.2 Å². The molecule has 0 radical (unpaired) electrons. The zero-order chi connectivity index (χ0) is 15.1. The summed E-state index contributed by atoms with van der Waals surface area (Å²) in [6, 6.07) is 10.4. The molecular formula is C17H27N3O. The van der Waals surface area contributed by atoms with Gasteiger partial charge >= 0.3 is 0 Å². The number of rotatable bonds is 5. The molecule has 1 fully saturated rings. The summed E-state index contributed by atoms with van der Waals surface area (Å²) in [6.45, 7) is 5.39. The Bertz CT molecular complexity index is 427. The van der Waals surface area contributed by atoms with E-state index in [2.05, 4.69) is 17.3 Å². The minimum atomic E-state index is 0.184. The molecule has 0 aromatic heterocycles. The van der Waals surface area contributed by atoms with Gasteiger partial charge < -0.3 is 10.2 Å². The molecule has 0 saturated carbocycles. The molecule has 1 aromatic rings. The molecule has 4 heteroatoms. The van der Waals surface area contributed by atoms with Crippen LogP contribution in [-0.2, 0) is 4.79 Å². The van der Waals surface area contributed by atoms with Crippen LogP contribution in [-0.4, -0.2) is 50.1 Å². The molecule has 2 rings (SSSR count).